The number of hydrogen-bond donors (Lipinski definition) is 6. The lowest BCUT2D eigenvalue weighted by Gasteiger charge is -2.40. The summed E-state index contributed by atoms with van der Waals surface area (Å²) < 4.78 is 16.7. The van der Waals surface area contributed by atoms with E-state index in [4.69, 9.17) is 14.2 Å². The SMILES string of the molecule is CCCCCCCCCCC/C=C/C(O)C(COC1OC(CO)C(O)C(O)C1O)NC(=O)CCCCCCCCC/C=C\C/C=C\CCCCCCCCCCCOC(=O)CCCCCCCCCCCCC. The molecule has 0 aliphatic carbocycles. The molecule has 0 saturated carbocycles. The number of hydrogen-bond acceptors (Lipinski definition) is 10. The second-order valence-corrected chi connectivity index (χ2v) is 21.4. The Morgan fingerprint density at radius 2 is 0.918 bits per heavy atom. The molecule has 73 heavy (non-hydrogen) atoms. The predicted octanol–water partition coefficient (Wildman–Crippen LogP) is 14.3. The Kier molecular flexibility index (Phi) is 49.0. The third-order valence-electron chi connectivity index (χ3n) is 14.5. The number of esters is 1. The Hall–Kier alpha value is -2.12. The van der Waals surface area contributed by atoms with E-state index in [0.717, 1.165) is 83.5 Å². The molecule has 1 aliphatic rings. The van der Waals surface area contributed by atoms with Crippen molar-refractivity contribution < 1.29 is 49.3 Å². The lowest BCUT2D eigenvalue weighted by molar-refractivity contribution is -0.302. The molecule has 1 amide bonds. The molecule has 6 N–H and O–H groups in total. The molecule has 11 nitrogen and oxygen atoms in total. The second kappa shape index (κ2) is 52.0. The zero-order valence-corrected chi connectivity index (χ0v) is 47.1. The molecule has 0 radical (unpaired) electrons. The fourth-order valence-corrected chi connectivity index (χ4v) is 9.58. The van der Waals surface area contributed by atoms with Crippen LogP contribution < -0.4 is 5.32 Å². The van der Waals surface area contributed by atoms with Crippen molar-refractivity contribution in [3.05, 3.63) is 36.5 Å². The van der Waals surface area contributed by atoms with Crippen LogP contribution in [0.25, 0.3) is 0 Å². The van der Waals surface area contributed by atoms with Crippen LogP contribution in [-0.2, 0) is 23.8 Å². The third-order valence-corrected chi connectivity index (χ3v) is 14.5. The number of aliphatic hydroxyl groups excluding tert-OH is 5. The summed E-state index contributed by atoms with van der Waals surface area (Å²) in [5.41, 5.74) is 0. The van der Waals surface area contributed by atoms with Crippen molar-refractivity contribution in [2.75, 3.05) is 19.8 Å². The fraction of sp³-hybridized carbons (Fsp3) is 0.871. The highest BCUT2D eigenvalue weighted by Crippen LogP contribution is 2.23. The van der Waals surface area contributed by atoms with Crippen molar-refractivity contribution in [3.63, 3.8) is 0 Å². The third kappa shape index (κ3) is 41.7. The number of amides is 1. The molecule has 11 heteroatoms. The average molecular weight is 1030 g/mol. The van der Waals surface area contributed by atoms with E-state index >= 15 is 0 Å². The first kappa shape index (κ1) is 68.9. The van der Waals surface area contributed by atoms with Gasteiger partial charge in [-0.1, -0.05) is 243 Å². The molecule has 428 valence electrons. The largest absolute Gasteiger partial charge is 0.466 e. The van der Waals surface area contributed by atoms with Gasteiger partial charge in [0.25, 0.3) is 0 Å². The smallest absolute Gasteiger partial charge is 0.305 e. The number of ether oxygens (including phenoxy) is 3. The van der Waals surface area contributed by atoms with E-state index in [2.05, 4.69) is 43.5 Å². The molecular weight excluding hydrogens is 919 g/mol. The Labute approximate surface area is 447 Å². The van der Waals surface area contributed by atoms with Gasteiger partial charge in [0.05, 0.1) is 32.0 Å². The molecule has 0 bridgehead atoms. The number of unbranched alkanes of at least 4 members (excludes halogenated alkanes) is 35. The summed E-state index contributed by atoms with van der Waals surface area (Å²) in [5.74, 6) is -0.198. The first-order chi connectivity index (χ1) is 35.7. The Bertz CT molecular complexity index is 1310. The highest BCUT2D eigenvalue weighted by Gasteiger charge is 2.44. The van der Waals surface area contributed by atoms with Crippen molar-refractivity contribution in [2.24, 2.45) is 0 Å². The summed E-state index contributed by atoms with van der Waals surface area (Å²) in [6.45, 7) is 4.32. The average Bonchev–Trinajstić information content (AvgIpc) is 3.39. The van der Waals surface area contributed by atoms with Crippen molar-refractivity contribution in [3.8, 4) is 0 Å². The molecule has 1 heterocycles. The van der Waals surface area contributed by atoms with Crippen LogP contribution in [0.5, 0.6) is 0 Å². The zero-order valence-electron chi connectivity index (χ0n) is 47.1. The summed E-state index contributed by atoms with van der Waals surface area (Å²) >= 11 is 0. The van der Waals surface area contributed by atoms with Gasteiger partial charge in [-0.3, -0.25) is 9.59 Å². The summed E-state index contributed by atoms with van der Waals surface area (Å²) in [7, 11) is 0. The first-order valence-electron chi connectivity index (χ1n) is 30.8. The van der Waals surface area contributed by atoms with Gasteiger partial charge in [-0.25, -0.2) is 0 Å². The van der Waals surface area contributed by atoms with Crippen LogP contribution in [-0.4, -0.2) is 100 Å². The number of nitrogens with one attached hydrogen (secondary N) is 1. The first-order valence-corrected chi connectivity index (χ1v) is 30.8. The molecule has 1 rings (SSSR count). The lowest BCUT2D eigenvalue weighted by atomic mass is 9.99. The molecule has 0 spiro atoms. The minimum Gasteiger partial charge on any atom is -0.466 e. The van der Waals surface area contributed by atoms with Crippen LogP contribution in [0.2, 0.25) is 0 Å². The van der Waals surface area contributed by atoms with Crippen molar-refractivity contribution in [2.45, 2.75) is 326 Å². The number of aliphatic hydroxyl groups is 5. The number of allylic oxidation sites excluding steroid dienone is 5. The summed E-state index contributed by atoms with van der Waals surface area (Å²) in [4.78, 5) is 25.0. The van der Waals surface area contributed by atoms with E-state index in [1.54, 1.807) is 6.08 Å². The van der Waals surface area contributed by atoms with Gasteiger partial charge in [-0.2, -0.15) is 0 Å². The van der Waals surface area contributed by atoms with Gasteiger partial charge < -0.3 is 45.1 Å². The lowest BCUT2D eigenvalue weighted by Crippen LogP contribution is -2.60. The summed E-state index contributed by atoms with van der Waals surface area (Å²) in [5, 5.41) is 54.3. The predicted molar refractivity (Wildman–Crippen MR) is 301 cm³/mol. The molecule has 1 aliphatic heterocycles. The van der Waals surface area contributed by atoms with Gasteiger partial charge in [-0.05, 0) is 64.2 Å². The van der Waals surface area contributed by atoms with Crippen LogP contribution in [0.1, 0.15) is 284 Å². The molecule has 7 atom stereocenters. The Morgan fingerprint density at radius 3 is 1.38 bits per heavy atom. The van der Waals surface area contributed by atoms with Crippen LogP contribution >= 0.6 is 0 Å². The molecular formula is C62H115NO10. The summed E-state index contributed by atoms with van der Waals surface area (Å²) in [6, 6.07) is -0.817. The molecule has 0 aromatic heterocycles. The number of rotatable bonds is 53. The maximum absolute atomic E-state index is 13.0. The van der Waals surface area contributed by atoms with Crippen LogP contribution in [0.4, 0.5) is 0 Å². The minimum absolute atomic E-state index is 0.00523. The molecule has 0 aromatic rings. The standard InChI is InChI=1S/C62H115NO10/c1-3-5-7-9-11-13-28-32-36-40-44-48-55(65)54(53-72-62-61(70)60(69)59(68)56(52-64)73-62)63-57(66)49-45-41-37-33-30-26-24-22-20-18-16-15-17-19-21-23-25-27-31-35-39-43-47-51-71-58(67)50-46-42-38-34-29-14-12-10-8-6-4-2/h15,17-18,20,44,48,54-56,59-62,64-65,68-70H,3-14,16,19,21-43,45-47,49-53H2,1-2H3,(H,63,66)/b17-15-,20-18-,48-44+. The van der Waals surface area contributed by atoms with Gasteiger partial charge in [-0.15, -0.1) is 0 Å². The van der Waals surface area contributed by atoms with Crippen molar-refractivity contribution in [1.82, 2.24) is 5.32 Å². The number of carbonyl (C=O) groups excluding carboxylic acids is 2. The Morgan fingerprint density at radius 1 is 0.507 bits per heavy atom. The van der Waals surface area contributed by atoms with E-state index in [9.17, 15) is 35.1 Å². The molecule has 1 saturated heterocycles. The van der Waals surface area contributed by atoms with E-state index in [-0.39, 0.29) is 18.5 Å². The molecule has 0 aromatic carbocycles. The molecule has 1 fully saturated rings. The van der Waals surface area contributed by atoms with Gasteiger partial charge in [0.15, 0.2) is 6.29 Å². The van der Waals surface area contributed by atoms with Gasteiger partial charge in [0, 0.05) is 12.8 Å². The Balaban J connectivity index is 2.06. The minimum atomic E-state index is -1.57. The highest BCUT2D eigenvalue weighted by atomic mass is 16.7. The zero-order chi connectivity index (χ0) is 53.1. The van der Waals surface area contributed by atoms with Crippen LogP contribution in [0.3, 0.4) is 0 Å². The van der Waals surface area contributed by atoms with Crippen LogP contribution in [0, 0.1) is 0 Å². The van der Waals surface area contributed by atoms with Crippen LogP contribution in [0.15, 0.2) is 36.5 Å². The van der Waals surface area contributed by atoms with Gasteiger partial charge in [0.2, 0.25) is 5.91 Å². The van der Waals surface area contributed by atoms with E-state index in [1.165, 1.54) is 173 Å². The van der Waals surface area contributed by atoms with E-state index in [1.807, 2.05) is 6.08 Å². The maximum Gasteiger partial charge on any atom is 0.305 e. The quantitative estimate of drug-likeness (QED) is 0.0195. The fourth-order valence-electron chi connectivity index (χ4n) is 9.58. The van der Waals surface area contributed by atoms with Crippen molar-refractivity contribution >= 4 is 11.9 Å². The second-order valence-electron chi connectivity index (χ2n) is 21.4. The van der Waals surface area contributed by atoms with Gasteiger partial charge >= 0.3 is 5.97 Å². The van der Waals surface area contributed by atoms with E-state index in [0.29, 0.717) is 19.4 Å². The van der Waals surface area contributed by atoms with Gasteiger partial charge in [0.1, 0.15) is 24.4 Å². The number of carbonyl (C=O) groups is 2. The normalized spacial score (nSPS) is 19.1. The topological polar surface area (TPSA) is 175 Å². The monoisotopic (exact) mass is 1030 g/mol. The molecule has 7 unspecified atom stereocenters. The summed E-state index contributed by atoms with van der Waals surface area (Å²) in [6.07, 6.45) is 53.9. The van der Waals surface area contributed by atoms with E-state index < -0.39 is 49.5 Å². The van der Waals surface area contributed by atoms with Crippen molar-refractivity contribution in [1.29, 1.82) is 0 Å². The highest BCUT2D eigenvalue weighted by molar-refractivity contribution is 5.76. The maximum atomic E-state index is 13.0.